The normalized spacial score (nSPS) is 11.2. The van der Waals surface area contributed by atoms with Crippen molar-refractivity contribution in [1.29, 1.82) is 0 Å². The van der Waals surface area contributed by atoms with E-state index in [9.17, 15) is 0 Å². The van der Waals surface area contributed by atoms with Gasteiger partial charge in [0.2, 0.25) is 0 Å². The van der Waals surface area contributed by atoms with E-state index in [0.29, 0.717) is 5.82 Å². The number of imidazole rings is 1. The maximum Gasteiger partial charge on any atom is 0.160 e. The zero-order chi connectivity index (χ0) is 12.5. The van der Waals surface area contributed by atoms with Crippen molar-refractivity contribution in [1.82, 2.24) is 24.7 Å². The van der Waals surface area contributed by atoms with Gasteiger partial charge in [-0.1, -0.05) is 6.92 Å². The van der Waals surface area contributed by atoms with Crippen LogP contribution in [0.2, 0.25) is 0 Å². The first-order chi connectivity index (χ1) is 8.79. The van der Waals surface area contributed by atoms with Crippen molar-refractivity contribution >= 4 is 17.0 Å². The third-order valence-electron chi connectivity index (χ3n) is 2.79. The Hall–Kier alpha value is -2.37. The summed E-state index contributed by atoms with van der Waals surface area (Å²) in [5.74, 6) is 1.29. The van der Waals surface area contributed by atoms with E-state index >= 15 is 0 Å². The highest BCUT2D eigenvalue weighted by molar-refractivity contribution is 5.76. The molecule has 0 amide bonds. The third kappa shape index (κ3) is 1.62. The quantitative estimate of drug-likeness (QED) is 0.733. The number of aromatic nitrogens is 5. The lowest BCUT2D eigenvalue weighted by atomic mass is 10.4. The first-order valence-electron chi connectivity index (χ1n) is 5.92. The van der Waals surface area contributed by atoms with Gasteiger partial charge in [-0.25, -0.2) is 9.97 Å². The highest BCUT2D eigenvalue weighted by Gasteiger charge is 2.14. The van der Waals surface area contributed by atoms with Crippen LogP contribution < -0.4 is 5.73 Å². The summed E-state index contributed by atoms with van der Waals surface area (Å²) in [5.41, 5.74) is 8.23. The Morgan fingerprint density at radius 1 is 1.44 bits per heavy atom. The van der Waals surface area contributed by atoms with Gasteiger partial charge in [-0.3, -0.25) is 5.10 Å². The summed E-state index contributed by atoms with van der Waals surface area (Å²) in [7, 11) is 0. The summed E-state index contributed by atoms with van der Waals surface area (Å²) < 4.78 is 2.09. The molecule has 92 valence electrons. The van der Waals surface area contributed by atoms with Crippen LogP contribution in [-0.2, 0) is 6.54 Å². The molecule has 0 aliphatic carbocycles. The van der Waals surface area contributed by atoms with Gasteiger partial charge in [0.05, 0.1) is 0 Å². The molecule has 0 saturated carbocycles. The maximum atomic E-state index is 5.64. The second kappa shape index (κ2) is 4.14. The van der Waals surface area contributed by atoms with Gasteiger partial charge in [0.15, 0.2) is 11.5 Å². The molecule has 3 heterocycles. The number of nitrogens with one attached hydrogen (secondary N) is 1. The van der Waals surface area contributed by atoms with Crippen molar-refractivity contribution in [3.63, 3.8) is 0 Å². The third-order valence-corrected chi connectivity index (χ3v) is 2.79. The van der Waals surface area contributed by atoms with Crippen molar-refractivity contribution in [2.75, 3.05) is 5.73 Å². The molecule has 0 bridgehead atoms. The second-order valence-corrected chi connectivity index (χ2v) is 4.14. The molecule has 3 aromatic heterocycles. The zero-order valence-electron chi connectivity index (χ0n) is 10.1. The molecule has 0 aliphatic rings. The van der Waals surface area contributed by atoms with Crippen LogP contribution in [0.5, 0.6) is 0 Å². The van der Waals surface area contributed by atoms with Crippen LogP contribution in [-0.4, -0.2) is 24.7 Å². The summed E-state index contributed by atoms with van der Waals surface area (Å²) >= 11 is 0. The number of nitrogen functional groups attached to an aromatic ring is 1. The molecule has 6 heteroatoms. The lowest BCUT2D eigenvalue weighted by molar-refractivity contribution is 0.696. The predicted octanol–water partition coefficient (Wildman–Crippen LogP) is 1.81. The first-order valence-corrected chi connectivity index (χ1v) is 5.92. The van der Waals surface area contributed by atoms with Crippen LogP contribution in [0.1, 0.15) is 13.3 Å². The van der Waals surface area contributed by atoms with Crippen LogP contribution in [0, 0.1) is 0 Å². The van der Waals surface area contributed by atoms with E-state index in [0.717, 1.165) is 35.6 Å². The number of aryl methyl sites for hydroxylation is 1. The Labute approximate surface area is 104 Å². The first kappa shape index (κ1) is 10.8. The lowest BCUT2D eigenvalue weighted by Crippen LogP contribution is -2.00. The number of aromatic amines is 1. The van der Waals surface area contributed by atoms with Crippen molar-refractivity contribution < 1.29 is 0 Å². The minimum Gasteiger partial charge on any atom is -0.382 e. The summed E-state index contributed by atoms with van der Waals surface area (Å²) in [6, 6.07) is 5.63. The molecular weight excluding hydrogens is 228 g/mol. The molecule has 0 unspecified atom stereocenters. The maximum absolute atomic E-state index is 5.64. The molecule has 0 spiro atoms. The summed E-state index contributed by atoms with van der Waals surface area (Å²) in [4.78, 5) is 8.98. The molecule has 3 aromatic rings. The largest absolute Gasteiger partial charge is 0.382 e. The Kier molecular flexibility index (Phi) is 2.47. The summed E-state index contributed by atoms with van der Waals surface area (Å²) in [6.45, 7) is 2.99. The molecule has 3 rings (SSSR count). The molecule has 3 N–H and O–H groups in total. The second-order valence-electron chi connectivity index (χ2n) is 4.14. The van der Waals surface area contributed by atoms with Crippen molar-refractivity contribution in [2.45, 2.75) is 19.9 Å². The van der Waals surface area contributed by atoms with E-state index in [2.05, 4.69) is 31.7 Å². The molecule has 18 heavy (non-hydrogen) atoms. The molecule has 0 atom stereocenters. The Morgan fingerprint density at radius 3 is 3.06 bits per heavy atom. The molecular formula is C12H14N6. The fourth-order valence-corrected chi connectivity index (χ4v) is 2.05. The number of pyridine rings is 1. The van der Waals surface area contributed by atoms with Crippen molar-refractivity contribution in [3.05, 3.63) is 24.4 Å². The number of nitrogens with zero attached hydrogens (tertiary/aromatic N) is 4. The van der Waals surface area contributed by atoms with Gasteiger partial charge in [0, 0.05) is 18.8 Å². The monoisotopic (exact) mass is 242 g/mol. The standard InChI is InChI=1S/C12H14N6/c1-2-6-18-11-8(4-3-5-14-11)15-12(18)9-7-10(13)17-16-9/h3-5,7H,2,6H2,1H3,(H3,13,16,17). The van der Waals surface area contributed by atoms with Gasteiger partial charge >= 0.3 is 0 Å². The number of hydrogen-bond acceptors (Lipinski definition) is 4. The van der Waals surface area contributed by atoms with E-state index in [1.54, 1.807) is 12.3 Å². The SMILES string of the molecule is CCCn1c(-c2cc(N)n[nH]2)nc2cccnc21. The Balaban J connectivity index is 2.24. The highest BCUT2D eigenvalue weighted by atomic mass is 15.2. The van der Waals surface area contributed by atoms with Crippen LogP contribution in [0.3, 0.4) is 0 Å². The van der Waals surface area contributed by atoms with Gasteiger partial charge in [-0.2, -0.15) is 5.10 Å². The average molecular weight is 242 g/mol. The fourth-order valence-electron chi connectivity index (χ4n) is 2.05. The lowest BCUT2D eigenvalue weighted by Gasteiger charge is -2.04. The van der Waals surface area contributed by atoms with E-state index < -0.39 is 0 Å². The number of rotatable bonds is 3. The fraction of sp³-hybridized carbons (Fsp3) is 0.250. The van der Waals surface area contributed by atoms with E-state index in [-0.39, 0.29) is 0 Å². The molecule has 0 fully saturated rings. The topological polar surface area (TPSA) is 85.4 Å². The smallest absolute Gasteiger partial charge is 0.160 e. The molecule has 0 aliphatic heterocycles. The number of hydrogen-bond donors (Lipinski definition) is 2. The van der Waals surface area contributed by atoms with Gasteiger partial charge in [-0.05, 0) is 18.6 Å². The van der Waals surface area contributed by atoms with Crippen molar-refractivity contribution in [2.24, 2.45) is 0 Å². The van der Waals surface area contributed by atoms with E-state index in [4.69, 9.17) is 5.73 Å². The van der Waals surface area contributed by atoms with Gasteiger partial charge < -0.3 is 10.3 Å². The van der Waals surface area contributed by atoms with E-state index in [1.165, 1.54) is 0 Å². The minimum absolute atomic E-state index is 0.466. The van der Waals surface area contributed by atoms with Crippen LogP contribution in [0.25, 0.3) is 22.7 Å². The number of anilines is 1. The average Bonchev–Trinajstić information content (AvgIpc) is 2.95. The van der Waals surface area contributed by atoms with Gasteiger partial charge in [0.1, 0.15) is 17.0 Å². The summed E-state index contributed by atoms with van der Waals surface area (Å²) in [5, 5.41) is 6.84. The Morgan fingerprint density at radius 2 is 2.33 bits per heavy atom. The number of fused-ring (bicyclic) bond motifs is 1. The molecule has 0 radical (unpaired) electrons. The minimum atomic E-state index is 0.466. The van der Waals surface area contributed by atoms with Crippen LogP contribution >= 0.6 is 0 Å². The summed E-state index contributed by atoms with van der Waals surface area (Å²) in [6.07, 6.45) is 2.79. The molecule has 6 nitrogen and oxygen atoms in total. The Bertz CT molecular complexity index is 681. The van der Waals surface area contributed by atoms with Crippen LogP contribution in [0.4, 0.5) is 5.82 Å². The number of nitrogens with two attached hydrogens (primary N) is 1. The predicted molar refractivity (Wildman–Crippen MR) is 69.8 cm³/mol. The highest BCUT2D eigenvalue weighted by Crippen LogP contribution is 2.23. The molecule has 0 aromatic carbocycles. The van der Waals surface area contributed by atoms with Crippen LogP contribution in [0.15, 0.2) is 24.4 Å². The van der Waals surface area contributed by atoms with Gasteiger partial charge in [-0.15, -0.1) is 0 Å². The van der Waals surface area contributed by atoms with Crippen molar-refractivity contribution in [3.8, 4) is 11.5 Å². The number of H-pyrrole nitrogens is 1. The zero-order valence-corrected chi connectivity index (χ0v) is 10.1. The van der Waals surface area contributed by atoms with E-state index in [1.807, 2.05) is 12.1 Å². The molecule has 0 saturated heterocycles. The van der Waals surface area contributed by atoms with Gasteiger partial charge in [0.25, 0.3) is 0 Å².